The van der Waals surface area contributed by atoms with E-state index in [1.807, 2.05) is 30.3 Å². The molecule has 96 valence electrons. The van der Waals surface area contributed by atoms with Gasteiger partial charge in [0.1, 0.15) is 5.75 Å². The largest absolute Gasteiger partial charge is 0.495 e. The number of benzene rings is 1. The Hall–Kier alpha value is -0.900. The third-order valence-electron chi connectivity index (χ3n) is 2.56. The maximum absolute atomic E-state index is 6.08. The minimum Gasteiger partial charge on any atom is -0.495 e. The quantitative estimate of drug-likeness (QED) is 0.834. The molecule has 0 aliphatic heterocycles. The number of nitrogens with one attached hydrogen (secondary N) is 1. The average Bonchev–Trinajstić information content (AvgIpc) is 2.76. The highest BCUT2D eigenvalue weighted by Gasteiger charge is 2.09. The van der Waals surface area contributed by atoms with E-state index in [4.69, 9.17) is 27.9 Å². The van der Waals surface area contributed by atoms with Gasteiger partial charge < -0.3 is 10.1 Å². The summed E-state index contributed by atoms with van der Waals surface area (Å²) in [5.41, 5.74) is 0.956. The van der Waals surface area contributed by atoms with Gasteiger partial charge in [-0.25, -0.2) is 0 Å². The second-order valence-corrected chi connectivity index (χ2v) is 6.01. The molecular formula is C13H13Cl2NOS. The molecule has 1 heterocycles. The highest BCUT2D eigenvalue weighted by molar-refractivity contribution is 7.16. The Morgan fingerprint density at radius 3 is 2.56 bits per heavy atom. The van der Waals surface area contributed by atoms with E-state index in [0.717, 1.165) is 10.0 Å². The molecule has 1 aromatic carbocycles. The standard InChI is InChI=1S/C13H13Cl2NOS/c1-8(12-5-6-13(15)18-12)16-9-3-4-11(17-2)10(14)7-9/h3-8,16H,1-2H3. The Kier molecular flexibility index (Phi) is 4.38. The molecule has 0 saturated carbocycles. The van der Waals surface area contributed by atoms with E-state index in [0.29, 0.717) is 10.8 Å². The van der Waals surface area contributed by atoms with Crippen LogP contribution in [0.25, 0.3) is 0 Å². The van der Waals surface area contributed by atoms with Gasteiger partial charge in [-0.1, -0.05) is 23.2 Å². The number of ether oxygens (including phenoxy) is 1. The van der Waals surface area contributed by atoms with Gasteiger partial charge in [-0.3, -0.25) is 0 Å². The van der Waals surface area contributed by atoms with Crippen molar-refractivity contribution in [2.45, 2.75) is 13.0 Å². The molecule has 0 radical (unpaired) electrons. The first-order valence-corrected chi connectivity index (χ1v) is 7.02. The Labute approximate surface area is 120 Å². The summed E-state index contributed by atoms with van der Waals surface area (Å²) in [7, 11) is 1.60. The van der Waals surface area contributed by atoms with Crippen molar-refractivity contribution in [2.24, 2.45) is 0 Å². The number of hydrogen-bond donors (Lipinski definition) is 1. The summed E-state index contributed by atoms with van der Waals surface area (Å²) < 4.78 is 5.92. The van der Waals surface area contributed by atoms with Gasteiger partial charge in [0.05, 0.1) is 22.5 Å². The predicted molar refractivity (Wildman–Crippen MR) is 79.4 cm³/mol. The molecule has 2 aromatic rings. The average molecular weight is 302 g/mol. The molecule has 1 atom stereocenters. The smallest absolute Gasteiger partial charge is 0.137 e. The van der Waals surface area contributed by atoms with Crippen LogP contribution in [0.4, 0.5) is 5.69 Å². The Morgan fingerprint density at radius 2 is 2.00 bits per heavy atom. The molecule has 0 bridgehead atoms. The van der Waals surface area contributed by atoms with Gasteiger partial charge in [-0.15, -0.1) is 11.3 Å². The number of thiophene rings is 1. The lowest BCUT2D eigenvalue weighted by Crippen LogP contribution is -2.04. The molecule has 0 aliphatic carbocycles. The third kappa shape index (κ3) is 3.10. The Morgan fingerprint density at radius 1 is 1.22 bits per heavy atom. The zero-order chi connectivity index (χ0) is 13.1. The minimum absolute atomic E-state index is 0.187. The summed E-state index contributed by atoms with van der Waals surface area (Å²) >= 11 is 13.6. The predicted octanol–water partition coefficient (Wildman–Crippen LogP) is 5.24. The first-order valence-electron chi connectivity index (χ1n) is 5.45. The maximum Gasteiger partial charge on any atom is 0.137 e. The van der Waals surface area contributed by atoms with Gasteiger partial charge >= 0.3 is 0 Å². The summed E-state index contributed by atoms with van der Waals surface area (Å²) in [6.45, 7) is 2.08. The van der Waals surface area contributed by atoms with Gasteiger partial charge in [-0.2, -0.15) is 0 Å². The van der Waals surface area contributed by atoms with Gasteiger partial charge in [0.25, 0.3) is 0 Å². The molecule has 5 heteroatoms. The van der Waals surface area contributed by atoms with Crippen LogP contribution in [0.15, 0.2) is 30.3 Å². The zero-order valence-corrected chi connectivity index (χ0v) is 12.4. The second kappa shape index (κ2) is 5.83. The molecule has 0 spiro atoms. The highest BCUT2D eigenvalue weighted by Crippen LogP contribution is 2.31. The highest BCUT2D eigenvalue weighted by atomic mass is 35.5. The van der Waals surface area contributed by atoms with Crippen molar-refractivity contribution in [1.29, 1.82) is 0 Å². The zero-order valence-electron chi connectivity index (χ0n) is 10.0. The van der Waals surface area contributed by atoms with E-state index in [-0.39, 0.29) is 6.04 Å². The van der Waals surface area contributed by atoms with Crippen LogP contribution in [0.3, 0.4) is 0 Å². The fraction of sp³-hybridized carbons (Fsp3) is 0.231. The number of rotatable bonds is 4. The molecule has 1 aromatic heterocycles. The maximum atomic E-state index is 6.08. The van der Waals surface area contributed by atoms with Crippen molar-refractivity contribution >= 4 is 40.2 Å². The van der Waals surface area contributed by atoms with Crippen LogP contribution in [-0.4, -0.2) is 7.11 Å². The van der Waals surface area contributed by atoms with Crippen molar-refractivity contribution in [3.8, 4) is 5.75 Å². The van der Waals surface area contributed by atoms with Crippen LogP contribution < -0.4 is 10.1 Å². The molecule has 2 nitrogen and oxygen atoms in total. The lowest BCUT2D eigenvalue weighted by atomic mass is 10.2. The Balaban J connectivity index is 2.12. The van der Waals surface area contributed by atoms with Crippen molar-refractivity contribution < 1.29 is 4.74 Å². The van der Waals surface area contributed by atoms with Gasteiger partial charge in [0.2, 0.25) is 0 Å². The molecule has 0 saturated heterocycles. The van der Waals surface area contributed by atoms with Gasteiger partial charge in [-0.05, 0) is 37.3 Å². The topological polar surface area (TPSA) is 21.3 Å². The Bertz CT molecular complexity index is 542. The van der Waals surface area contributed by atoms with Crippen molar-refractivity contribution in [2.75, 3.05) is 12.4 Å². The van der Waals surface area contributed by atoms with Crippen molar-refractivity contribution in [3.05, 3.63) is 44.6 Å². The van der Waals surface area contributed by atoms with Crippen LogP contribution in [-0.2, 0) is 0 Å². The van der Waals surface area contributed by atoms with Gasteiger partial charge in [0.15, 0.2) is 0 Å². The number of methoxy groups -OCH3 is 1. The third-order valence-corrected chi connectivity index (χ3v) is 4.26. The number of halogens is 2. The normalized spacial score (nSPS) is 12.2. The second-order valence-electron chi connectivity index (χ2n) is 3.86. The monoisotopic (exact) mass is 301 g/mol. The van der Waals surface area contributed by atoms with Crippen molar-refractivity contribution in [3.63, 3.8) is 0 Å². The molecule has 1 unspecified atom stereocenters. The van der Waals surface area contributed by atoms with Crippen molar-refractivity contribution in [1.82, 2.24) is 0 Å². The first-order chi connectivity index (χ1) is 8.60. The number of hydrogen-bond acceptors (Lipinski definition) is 3. The van der Waals surface area contributed by atoms with E-state index in [9.17, 15) is 0 Å². The minimum atomic E-state index is 0.187. The van der Waals surface area contributed by atoms with E-state index in [1.165, 1.54) is 4.88 Å². The summed E-state index contributed by atoms with van der Waals surface area (Å²) in [6.07, 6.45) is 0. The summed E-state index contributed by atoms with van der Waals surface area (Å²) in [5, 5.41) is 3.97. The van der Waals surface area contributed by atoms with Gasteiger partial charge in [0, 0.05) is 10.6 Å². The van der Waals surface area contributed by atoms with E-state index < -0.39 is 0 Å². The van der Waals surface area contributed by atoms with Crippen LogP contribution in [0.2, 0.25) is 9.36 Å². The van der Waals surface area contributed by atoms with Crippen LogP contribution in [0, 0.1) is 0 Å². The fourth-order valence-electron chi connectivity index (χ4n) is 1.64. The van der Waals surface area contributed by atoms with E-state index >= 15 is 0 Å². The lowest BCUT2D eigenvalue weighted by molar-refractivity contribution is 0.415. The SMILES string of the molecule is COc1ccc(NC(C)c2ccc(Cl)s2)cc1Cl. The van der Waals surface area contributed by atoms with E-state index in [1.54, 1.807) is 18.4 Å². The van der Waals surface area contributed by atoms with Crippen LogP contribution in [0.5, 0.6) is 5.75 Å². The van der Waals surface area contributed by atoms with Crippen LogP contribution >= 0.6 is 34.5 Å². The molecule has 2 rings (SSSR count). The molecule has 0 fully saturated rings. The van der Waals surface area contributed by atoms with Crippen LogP contribution in [0.1, 0.15) is 17.8 Å². The fourth-order valence-corrected chi connectivity index (χ4v) is 2.96. The number of anilines is 1. The molecule has 0 aliphatic rings. The molecule has 1 N–H and O–H groups in total. The molecule has 0 amide bonds. The first kappa shape index (κ1) is 13.5. The van der Waals surface area contributed by atoms with E-state index in [2.05, 4.69) is 12.2 Å². The lowest BCUT2D eigenvalue weighted by Gasteiger charge is -2.14. The summed E-state index contributed by atoms with van der Waals surface area (Å²) in [6, 6.07) is 9.75. The summed E-state index contributed by atoms with van der Waals surface area (Å²) in [5.74, 6) is 0.675. The molecular weight excluding hydrogens is 289 g/mol. The summed E-state index contributed by atoms with van der Waals surface area (Å²) in [4.78, 5) is 1.19. The molecule has 18 heavy (non-hydrogen) atoms.